The largest absolute Gasteiger partial charge is 0.338 e. The van der Waals surface area contributed by atoms with Crippen molar-refractivity contribution in [2.24, 2.45) is 0 Å². The standard InChI is InChI=1S/C18H17N3O2S/c1-14-7-5-10-16(13-14)24(22,23)21-17-11-6-12-19-18(17)20-15-8-3-2-4-9-15/h2-13,21H,1H3,(H,19,20). The lowest BCUT2D eigenvalue weighted by molar-refractivity contribution is 0.601. The maximum Gasteiger partial charge on any atom is 0.262 e. The molecule has 5 nitrogen and oxygen atoms in total. The summed E-state index contributed by atoms with van der Waals surface area (Å²) in [6.45, 7) is 1.85. The zero-order valence-electron chi connectivity index (χ0n) is 13.1. The minimum absolute atomic E-state index is 0.219. The van der Waals surface area contributed by atoms with Crippen LogP contribution in [0.15, 0.2) is 77.8 Å². The molecule has 0 bridgehead atoms. The zero-order valence-corrected chi connectivity index (χ0v) is 13.9. The molecule has 0 aliphatic rings. The van der Waals surface area contributed by atoms with Crippen LogP contribution in [0.3, 0.4) is 0 Å². The molecule has 0 saturated carbocycles. The van der Waals surface area contributed by atoms with Crippen LogP contribution in [0.25, 0.3) is 0 Å². The van der Waals surface area contributed by atoms with Gasteiger partial charge in [0.05, 0.1) is 10.6 Å². The first-order valence-corrected chi connectivity index (χ1v) is 8.89. The monoisotopic (exact) mass is 339 g/mol. The number of hydrogen-bond donors (Lipinski definition) is 2. The number of benzene rings is 2. The molecule has 0 saturated heterocycles. The quantitative estimate of drug-likeness (QED) is 0.739. The third-order valence-corrected chi connectivity index (χ3v) is 4.75. The molecule has 1 aromatic heterocycles. The topological polar surface area (TPSA) is 71.1 Å². The fraction of sp³-hybridized carbons (Fsp3) is 0.0556. The number of hydrogen-bond acceptors (Lipinski definition) is 4. The smallest absolute Gasteiger partial charge is 0.262 e. The predicted molar refractivity (Wildman–Crippen MR) is 95.9 cm³/mol. The highest BCUT2D eigenvalue weighted by Crippen LogP contribution is 2.25. The number of pyridine rings is 1. The summed E-state index contributed by atoms with van der Waals surface area (Å²) in [5.74, 6) is 0.444. The van der Waals surface area contributed by atoms with Crippen LogP contribution in [0.4, 0.5) is 17.2 Å². The number of nitrogens with one attached hydrogen (secondary N) is 2. The average molecular weight is 339 g/mol. The second kappa shape index (κ2) is 6.72. The summed E-state index contributed by atoms with van der Waals surface area (Å²) in [6.07, 6.45) is 1.61. The number of nitrogens with zero attached hydrogens (tertiary/aromatic N) is 1. The fourth-order valence-corrected chi connectivity index (χ4v) is 3.40. The Labute approximate surface area is 141 Å². The number of rotatable bonds is 5. The molecule has 0 aliphatic heterocycles. The summed E-state index contributed by atoms with van der Waals surface area (Å²) in [6, 6.07) is 19.6. The Morgan fingerprint density at radius 2 is 1.71 bits per heavy atom. The van der Waals surface area contributed by atoms with Gasteiger partial charge in [0.1, 0.15) is 0 Å². The lowest BCUT2D eigenvalue weighted by atomic mass is 10.2. The SMILES string of the molecule is Cc1cccc(S(=O)(=O)Nc2cccnc2Nc2ccccc2)c1. The number of para-hydroxylation sites is 1. The Bertz CT molecular complexity index is 941. The van der Waals surface area contributed by atoms with Gasteiger partial charge in [0.25, 0.3) is 10.0 Å². The molecule has 24 heavy (non-hydrogen) atoms. The van der Waals surface area contributed by atoms with Crippen LogP contribution in [0.5, 0.6) is 0 Å². The summed E-state index contributed by atoms with van der Waals surface area (Å²) in [5, 5.41) is 3.12. The molecule has 2 aromatic carbocycles. The van der Waals surface area contributed by atoms with Gasteiger partial charge >= 0.3 is 0 Å². The normalized spacial score (nSPS) is 11.0. The summed E-state index contributed by atoms with van der Waals surface area (Å²) < 4.78 is 27.8. The molecule has 1 heterocycles. The van der Waals surface area contributed by atoms with E-state index in [-0.39, 0.29) is 4.90 Å². The van der Waals surface area contributed by atoms with Crippen molar-refractivity contribution in [1.82, 2.24) is 4.98 Å². The van der Waals surface area contributed by atoms with Gasteiger partial charge in [-0.1, -0.05) is 30.3 Å². The highest BCUT2D eigenvalue weighted by Gasteiger charge is 2.16. The number of aryl methyl sites for hydroxylation is 1. The number of anilines is 3. The van der Waals surface area contributed by atoms with Crippen molar-refractivity contribution in [3.8, 4) is 0 Å². The molecule has 0 unspecified atom stereocenters. The molecule has 0 fully saturated rings. The Hall–Kier alpha value is -2.86. The van der Waals surface area contributed by atoms with Crippen LogP contribution in [0.2, 0.25) is 0 Å². The van der Waals surface area contributed by atoms with Crippen LogP contribution in [0.1, 0.15) is 5.56 Å². The number of sulfonamides is 1. The summed E-state index contributed by atoms with van der Waals surface area (Å²) in [5.41, 5.74) is 2.10. The van der Waals surface area contributed by atoms with Gasteiger partial charge in [0.15, 0.2) is 5.82 Å². The molecule has 0 spiro atoms. The minimum Gasteiger partial charge on any atom is -0.338 e. The van der Waals surface area contributed by atoms with E-state index < -0.39 is 10.0 Å². The predicted octanol–water partition coefficient (Wildman–Crippen LogP) is 3.93. The number of aromatic nitrogens is 1. The second-order valence-corrected chi connectivity index (χ2v) is 7.00. The Kier molecular flexibility index (Phi) is 4.48. The Morgan fingerprint density at radius 1 is 0.917 bits per heavy atom. The maximum atomic E-state index is 12.6. The molecule has 3 aromatic rings. The first-order chi connectivity index (χ1) is 11.5. The lowest BCUT2D eigenvalue weighted by Crippen LogP contribution is -2.14. The van der Waals surface area contributed by atoms with Crippen LogP contribution in [-0.4, -0.2) is 13.4 Å². The van der Waals surface area contributed by atoms with Gasteiger partial charge in [-0.3, -0.25) is 4.72 Å². The van der Waals surface area contributed by atoms with Gasteiger partial charge in [-0.2, -0.15) is 0 Å². The van der Waals surface area contributed by atoms with Gasteiger partial charge < -0.3 is 5.32 Å². The van der Waals surface area contributed by atoms with Crippen LogP contribution in [0, 0.1) is 6.92 Å². The molecule has 3 rings (SSSR count). The molecule has 0 amide bonds. The van der Waals surface area contributed by atoms with Crippen molar-refractivity contribution >= 4 is 27.2 Å². The first kappa shape index (κ1) is 16.0. The maximum absolute atomic E-state index is 12.6. The molecule has 0 aliphatic carbocycles. The summed E-state index contributed by atoms with van der Waals surface area (Å²) >= 11 is 0. The van der Waals surface area contributed by atoms with E-state index in [9.17, 15) is 8.42 Å². The highest BCUT2D eigenvalue weighted by molar-refractivity contribution is 7.92. The Morgan fingerprint density at radius 3 is 2.46 bits per heavy atom. The third-order valence-electron chi connectivity index (χ3n) is 3.39. The molecule has 0 atom stereocenters. The average Bonchev–Trinajstić information content (AvgIpc) is 2.57. The molecule has 122 valence electrons. The minimum atomic E-state index is -3.68. The van der Waals surface area contributed by atoms with E-state index in [1.807, 2.05) is 43.3 Å². The Balaban J connectivity index is 1.90. The van der Waals surface area contributed by atoms with Crippen molar-refractivity contribution in [3.63, 3.8) is 0 Å². The third kappa shape index (κ3) is 3.72. The molecule has 0 radical (unpaired) electrons. The van der Waals surface area contributed by atoms with E-state index in [1.165, 1.54) is 0 Å². The zero-order chi connectivity index (χ0) is 17.0. The van der Waals surface area contributed by atoms with Crippen LogP contribution >= 0.6 is 0 Å². The van der Waals surface area contributed by atoms with Crippen molar-refractivity contribution in [2.45, 2.75) is 11.8 Å². The second-order valence-electron chi connectivity index (χ2n) is 5.31. The molecular weight excluding hydrogens is 322 g/mol. The molecular formula is C18H17N3O2S. The summed E-state index contributed by atoms with van der Waals surface area (Å²) in [4.78, 5) is 4.45. The van der Waals surface area contributed by atoms with Crippen molar-refractivity contribution in [2.75, 3.05) is 10.0 Å². The van der Waals surface area contributed by atoms with E-state index in [1.54, 1.807) is 36.5 Å². The highest BCUT2D eigenvalue weighted by atomic mass is 32.2. The first-order valence-electron chi connectivity index (χ1n) is 7.41. The van der Waals surface area contributed by atoms with Gasteiger partial charge in [0, 0.05) is 11.9 Å². The van der Waals surface area contributed by atoms with Crippen LogP contribution < -0.4 is 10.0 Å². The van der Waals surface area contributed by atoms with E-state index in [2.05, 4.69) is 15.0 Å². The summed E-state index contributed by atoms with van der Waals surface area (Å²) in [7, 11) is -3.68. The van der Waals surface area contributed by atoms with Gasteiger partial charge in [-0.05, 0) is 48.9 Å². The lowest BCUT2D eigenvalue weighted by Gasteiger charge is -2.13. The van der Waals surface area contributed by atoms with Crippen molar-refractivity contribution in [3.05, 3.63) is 78.5 Å². The van der Waals surface area contributed by atoms with Crippen molar-refractivity contribution < 1.29 is 8.42 Å². The molecule has 6 heteroatoms. The van der Waals surface area contributed by atoms with Crippen molar-refractivity contribution in [1.29, 1.82) is 0 Å². The van der Waals surface area contributed by atoms with Crippen LogP contribution in [-0.2, 0) is 10.0 Å². The van der Waals surface area contributed by atoms with Gasteiger partial charge in [-0.25, -0.2) is 13.4 Å². The fourth-order valence-electron chi connectivity index (χ4n) is 2.23. The van der Waals surface area contributed by atoms with Gasteiger partial charge in [-0.15, -0.1) is 0 Å². The van der Waals surface area contributed by atoms with E-state index in [0.29, 0.717) is 11.5 Å². The van der Waals surface area contributed by atoms with E-state index in [0.717, 1.165) is 11.3 Å². The van der Waals surface area contributed by atoms with Gasteiger partial charge in [0.2, 0.25) is 0 Å². The van der Waals surface area contributed by atoms with E-state index >= 15 is 0 Å². The van der Waals surface area contributed by atoms with E-state index in [4.69, 9.17) is 0 Å². The molecule has 2 N–H and O–H groups in total.